The van der Waals surface area contributed by atoms with Gasteiger partial charge < -0.3 is 34.9 Å². The molecular formula is C6H13O9P. The van der Waals surface area contributed by atoms with Gasteiger partial charge in [0.05, 0.1) is 6.61 Å². The van der Waals surface area contributed by atoms with Crippen molar-refractivity contribution in [1.29, 1.82) is 0 Å². The average molecular weight is 260 g/mol. The van der Waals surface area contributed by atoms with E-state index in [0.29, 0.717) is 0 Å². The molecule has 1 saturated heterocycles. The van der Waals surface area contributed by atoms with Gasteiger partial charge in [0.1, 0.15) is 24.4 Å². The average Bonchev–Trinajstić information content (AvgIpc) is 2.17. The second-order valence-corrected chi connectivity index (χ2v) is 4.48. The third-order valence-corrected chi connectivity index (χ3v) is 2.62. The third kappa shape index (κ3) is 3.20. The summed E-state index contributed by atoms with van der Waals surface area (Å²) >= 11 is 0. The number of ether oxygens (including phenoxy) is 1. The van der Waals surface area contributed by atoms with Gasteiger partial charge in [0.25, 0.3) is 0 Å². The van der Waals surface area contributed by atoms with Crippen molar-refractivity contribution in [3.05, 3.63) is 0 Å². The van der Waals surface area contributed by atoms with Crippen molar-refractivity contribution in [1.82, 2.24) is 0 Å². The molecule has 1 aliphatic rings. The van der Waals surface area contributed by atoms with Gasteiger partial charge in [0.15, 0.2) is 6.29 Å². The molecule has 9 nitrogen and oxygen atoms in total. The minimum atomic E-state index is -4.94. The molecule has 1 rings (SSSR count). The van der Waals surface area contributed by atoms with Gasteiger partial charge >= 0.3 is 7.82 Å². The Balaban J connectivity index is 2.81. The SMILES string of the molecule is O=P(O)(O)O[C@@H]1[C@H](O)[C@@H](O)O[C@H](CO)[C@H]1O. The third-order valence-electron chi connectivity index (χ3n) is 2.10. The van der Waals surface area contributed by atoms with Crippen LogP contribution >= 0.6 is 7.82 Å². The maximum absolute atomic E-state index is 10.6. The van der Waals surface area contributed by atoms with Gasteiger partial charge in [-0.3, -0.25) is 4.52 Å². The van der Waals surface area contributed by atoms with Crippen LogP contribution in [0, 0.1) is 0 Å². The molecule has 0 amide bonds. The van der Waals surface area contributed by atoms with Gasteiger partial charge in [0, 0.05) is 0 Å². The maximum Gasteiger partial charge on any atom is 0.470 e. The normalized spacial score (nSPS) is 41.0. The molecule has 0 radical (unpaired) electrons. The number of rotatable bonds is 3. The standard InChI is InChI=1S/C6H13O9P/c7-1-2-3(8)5(15-16(11,12)13)4(9)6(10)14-2/h2-10H,1H2,(H2,11,12,13)/t2-,3-,4+,5+,6+/m1/s1. The summed E-state index contributed by atoms with van der Waals surface area (Å²) in [6.45, 7) is -0.702. The van der Waals surface area contributed by atoms with Gasteiger partial charge in [-0.2, -0.15) is 0 Å². The predicted octanol–water partition coefficient (Wildman–Crippen LogP) is -3.10. The van der Waals surface area contributed by atoms with Crippen molar-refractivity contribution in [3.63, 3.8) is 0 Å². The van der Waals surface area contributed by atoms with Crippen LogP contribution in [0.15, 0.2) is 0 Å². The summed E-state index contributed by atoms with van der Waals surface area (Å²) in [6, 6.07) is 0. The van der Waals surface area contributed by atoms with E-state index in [1.807, 2.05) is 0 Å². The van der Waals surface area contributed by atoms with Crippen molar-refractivity contribution >= 4 is 7.82 Å². The number of hydrogen-bond acceptors (Lipinski definition) is 7. The minimum absolute atomic E-state index is 0.702. The molecule has 10 heteroatoms. The molecule has 0 unspecified atom stereocenters. The molecule has 6 N–H and O–H groups in total. The Morgan fingerprint density at radius 3 is 2.19 bits per heavy atom. The molecule has 16 heavy (non-hydrogen) atoms. The first-order valence-corrected chi connectivity index (χ1v) is 5.83. The van der Waals surface area contributed by atoms with Crippen LogP contribution in [0.5, 0.6) is 0 Å². The predicted molar refractivity (Wildman–Crippen MR) is 46.9 cm³/mol. The molecule has 0 aromatic heterocycles. The molecule has 1 heterocycles. The van der Waals surface area contributed by atoms with Crippen LogP contribution in [-0.2, 0) is 13.8 Å². The number of aliphatic hydroxyl groups excluding tert-OH is 4. The summed E-state index contributed by atoms with van der Waals surface area (Å²) in [4.78, 5) is 17.1. The van der Waals surface area contributed by atoms with Gasteiger partial charge in [-0.05, 0) is 0 Å². The van der Waals surface area contributed by atoms with E-state index < -0.39 is 45.1 Å². The first kappa shape index (κ1) is 14.0. The van der Waals surface area contributed by atoms with E-state index in [9.17, 15) is 14.8 Å². The Morgan fingerprint density at radius 2 is 1.75 bits per heavy atom. The Labute approximate surface area is 90.1 Å². The second-order valence-electron chi connectivity index (χ2n) is 3.29. The fourth-order valence-electron chi connectivity index (χ4n) is 1.35. The van der Waals surface area contributed by atoms with Gasteiger partial charge in [-0.25, -0.2) is 4.57 Å². The summed E-state index contributed by atoms with van der Waals surface area (Å²) < 4.78 is 19.3. The highest BCUT2D eigenvalue weighted by molar-refractivity contribution is 7.46. The van der Waals surface area contributed by atoms with Crippen LogP contribution in [0.3, 0.4) is 0 Å². The summed E-state index contributed by atoms with van der Waals surface area (Å²) in [6.07, 6.45) is -8.35. The fourth-order valence-corrected chi connectivity index (χ4v) is 1.92. The fraction of sp³-hybridized carbons (Fsp3) is 1.00. The van der Waals surface area contributed by atoms with Crippen LogP contribution in [0.1, 0.15) is 0 Å². The van der Waals surface area contributed by atoms with Crippen molar-refractivity contribution in [2.75, 3.05) is 6.61 Å². The lowest BCUT2D eigenvalue weighted by Crippen LogP contribution is -2.59. The van der Waals surface area contributed by atoms with E-state index in [1.54, 1.807) is 0 Å². The topological polar surface area (TPSA) is 157 Å². The smallest absolute Gasteiger partial charge is 0.394 e. The second kappa shape index (κ2) is 5.05. The molecule has 0 bridgehead atoms. The highest BCUT2D eigenvalue weighted by Crippen LogP contribution is 2.41. The zero-order valence-corrected chi connectivity index (χ0v) is 8.84. The summed E-state index contributed by atoms with van der Waals surface area (Å²) in [5, 5.41) is 36.6. The van der Waals surface area contributed by atoms with Crippen molar-refractivity contribution in [2.45, 2.75) is 30.7 Å². The van der Waals surface area contributed by atoms with Gasteiger partial charge in [-0.15, -0.1) is 0 Å². The zero-order chi connectivity index (χ0) is 12.5. The van der Waals surface area contributed by atoms with E-state index in [2.05, 4.69) is 9.26 Å². The molecule has 0 aliphatic carbocycles. The van der Waals surface area contributed by atoms with Crippen molar-refractivity contribution in [3.8, 4) is 0 Å². The van der Waals surface area contributed by atoms with Crippen LogP contribution in [-0.4, -0.2) is 67.5 Å². The highest BCUT2D eigenvalue weighted by Gasteiger charge is 2.47. The van der Waals surface area contributed by atoms with Crippen LogP contribution in [0.25, 0.3) is 0 Å². The Bertz CT molecular complexity index is 277. The van der Waals surface area contributed by atoms with Crippen LogP contribution < -0.4 is 0 Å². The summed E-state index contributed by atoms with van der Waals surface area (Å²) in [5.74, 6) is 0. The largest absolute Gasteiger partial charge is 0.470 e. The number of aliphatic hydroxyl groups is 4. The molecule has 5 atom stereocenters. The van der Waals surface area contributed by atoms with E-state index in [4.69, 9.17) is 20.0 Å². The first-order chi connectivity index (χ1) is 7.26. The number of phosphoric ester groups is 1. The molecule has 1 fully saturated rings. The van der Waals surface area contributed by atoms with Crippen LogP contribution in [0.4, 0.5) is 0 Å². The molecule has 96 valence electrons. The molecule has 1 aliphatic heterocycles. The summed E-state index contributed by atoms with van der Waals surface area (Å²) in [7, 11) is -4.94. The Morgan fingerprint density at radius 1 is 1.19 bits per heavy atom. The Kier molecular flexibility index (Phi) is 4.41. The van der Waals surface area contributed by atoms with Gasteiger partial charge in [-0.1, -0.05) is 0 Å². The van der Waals surface area contributed by atoms with E-state index >= 15 is 0 Å². The Hall–Kier alpha value is -0.0900. The minimum Gasteiger partial charge on any atom is -0.394 e. The number of phosphoric acid groups is 1. The van der Waals surface area contributed by atoms with Crippen molar-refractivity contribution in [2.24, 2.45) is 0 Å². The highest BCUT2D eigenvalue weighted by atomic mass is 31.2. The monoisotopic (exact) mass is 260 g/mol. The van der Waals surface area contributed by atoms with E-state index in [-0.39, 0.29) is 0 Å². The molecule has 0 aromatic rings. The lowest BCUT2D eigenvalue weighted by atomic mass is 9.99. The molecule has 0 aromatic carbocycles. The van der Waals surface area contributed by atoms with Gasteiger partial charge in [0.2, 0.25) is 0 Å². The summed E-state index contributed by atoms with van der Waals surface area (Å²) in [5.41, 5.74) is 0. The first-order valence-electron chi connectivity index (χ1n) is 4.30. The molecule has 0 spiro atoms. The maximum atomic E-state index is 10.6. The number of hydrogen-bond donors (Lipinski definition) is 6. The lowest BCUT2D eigenvalue weighted by Gasteiger charge is -2.39. The van der Waals surface area contributed by atoms with Crippen molar-refractivity contribution < 1.29 is 44.0 Å². The lowest BCUT2D eigenvalue weighted by molar-refractivity contribution is -0.283. The van der Waals surface area contributed by atoms with E-state index in [0.717, 1.165) is 0 Å². The van der Waals surface area contributed by atoms with E-state index in [1.165, 1.54) is 0 Å². The molecule has 0 saturated carbocycles. The quantitative estimate of drug-likeness (QED) is 0.289. The molecular weight excluding hydrogens is 247 g/mol. The zero-order valence-electron chi connectivity index (χ0n) is 7.95. The van der Waals surface area contributed by atoms with Crippen LogP contribution in [0.2, 0.25) is 0 Å².